The number of alkyl halides is 1. The molecule has 2 saturated heterocycles. The van der Waals surface area contributed by atoms with E-state index in [2.05, 4.69) is 21.4 Å². The van der Waals surface area contributed by atoms with Gasteiger partial charge in [0.25, 0.3) is 5.91 Å². The molecule has 6 rings (SSSR count). The van der Waals surface area contributed by atoms with Crippen LogP contribution in [-0.2, 0) is 4.74 Å². The summed E-state index contributed by atoms with van der Waals surface area (Å²) >= 11 is 0. The van der Waals surface area contributed by atoms with Crippen LogP contribution in [0.25, 0.3) is 33.6 Å². The maximum absolute atomic E-state index is 13.8. The summed E-state index contributed by atoms with van der Waals surface area (Å²) in [5.41, 5.74) is 4.71. The van der Waals surface area contributed by atoms with Gasteiger partial charge in [-0.05, 0) is 30.2 Å². The van der Waals surface area contributed by atoms with Crippen molar-refractivity contribution in [2.75, 3.05) is 38.3 Å². The molecule has 10 heteroatoms. The summed E-state index contributed by atoms with van der Waals surface area (Å²) in [5, 5.41) is 12.8. The Hall–Kier alpha value is -4.49. The van der Waals surface area contributed by atoms with Gasteiger partial charge in [0.2, 0.25) is 0 Å². The summed E-state index contributed by atoms with van der Waals surface area (Å²) in [6, 6.07) is 13.0. The van der Waals surface area contributed by atoms with Gasteiger partial charge >= 0.3 is 0 Å². The van der Waals surface area contributed by atoms with Gasteiger partial charge in [0, 0.05) is 49.1 Å². The minimum Gasteiger partial charge on any atom is -0.496 e. The smallest absolute Gasteiger partial charge is 0.270 e. The monoisotopic (exact) mass is 541 g/mol. The number of pyridine rings is 2. The van der Waals surface area contributed by atoms with E-state index in [9.17, 15) is 14.4 Å². The third-order valence-electron chi connectivity index (χ3n) is 7.58. The van der Waals surface area contributed by atoms with Crippen molar-refractivity contribution in [3.05, 3.63) is 60.0 Å². The zero-order valence-electron chi connectivity index (χ0n) is 22.2. The Morgan fingerprint density at radius 1 is 1.20 bits per heavy atom. The number of carbonyl (C=O) groups excluding carboxylic acids is 1. The molecule has 1 N–H and O–H groups in total. The van der Waals surface area contributed by atoms with Crippen LogP contribution in [0.4, 0.5) is 10.1 Å². The number of hydrogen-bond acceptors (Lipinski definition) is 8. The highest BCUT2D eigenvalue weighted by Crippen LogP contribution is 2.38. The second kappa shape index (κ2) is 10.6. The lowest BCUT2D eigenvalue weighted by molar-refractivity contribution is 0.0920. The number of fused-ring (bicyclic) bond motifs is 1. The van der Waals surface area contributed by atoms with Gasteiger partial charge in [0.15, 0.2) is 5.58 Å². The van der Waals surface area contributed by atoms with E-state index in [0.717, 1.165) is 16.8 Å². The fraction of sp³-hybridized carbons (Fsp3) is 0.333. The number of aromatic nitrogens is 2. The molecule has 9 nitrogen and oxygen atoms in total. The predicted octanol–water partition coefficient (Wildman–Crippen LogP) is 4.75. The third-order valence-corrected chi connectivity index (χ3v) is 7.58. The second-order valence-corrected chi connectivity index (χ2v) is 10.2. The molecule has 3 unspecified atom stereocenters. The van der Waals surface area contributed by atoms with Gasteiger partial charge in [-0.25, -0.2) is 4.39 Å². The molecule has 2 fully saturated rings. The van der Waals surface area contributed by atoms with E-state index in [-0.39, 0.29) is 23.6 Å². The number of hydrogen-bond donors (Lipinski definition) is 1. The molecule has 1 amide bonds. The molecule has 0 spiro atoms. The molecule has 0 saturated carbocycles. The van der Waals surface area contributed by atoms with E-state index >= 15 is 0 Å². The number of anilines is 1. The van der Waals surface area contributed by atoms with Gasteiger partial charge in [-0.3, -0.25) is 14.8 Å². The lowest BCUT2D eigenvalue weighted by Crippen LogP contribution is -2.39. The molecular weight excluding hydrogens is 513 g/mol. The quantitative estimate of drug-likeness (QED) is 0.372. The Balaban J connectivity index is 1.32. The molecular formula is C30H28FN5O4. The minimum absolute atomic E-state index is 0.0635. The summed E-state index contributed by atoms with van der Waals surface area (Å²) in [7, 11) is 1.52. The summed E-state index contributed by atoms with van der Waals surface area (Å²) < 4.78 is 31.1. The van der Waals surface area contributed by atoms with Gasteiger partial charge in [0.05, 0.1) is 43.2 Å². The summed E-state index contributed by atoms with van der Waals surface area (Å²) in [6.45, 7) is 4.00. The zero-order valence-corrected chi connectivity index (χ0v) is 22.2. The first-order valence-corrected chi connectivity index (χ1v) is 13.2. The van der Waals surface area contributed by atoms with Crippen LogP contribution in [0, 0.1) is 17.2 Å². The Morgan fingerprint density at radius 3 is 2.80 bits per heavy atom. The highest BCUT2D eigenvalue weighted by Gasteiger charge is 2.27. The molecule has 1 aromatic carbocycles. The van der Waals surface area contributed by atoms with Crippen molar-refractivity contribution in [2.45, 2.75) is 25.6 Å². The minimum atomic E-state index is -0.881. The van der Waals surface area contributed by atoms with Crippen molar-refractivity contribution in [3.8, 4) is 34.3 Å². The molecule has 5 heterocycles. The number of halogens is 1. The highest BCUT2D eigenvalue weighted by atomic mass is 19.1. The normalized spacial score (nSPS) is 20.6. The van der Waals surface area contributed by atoms with Crippen molar-refractivity contribution >= 4 is 22.7 Å². The van der Waals surface area contributed by atoms with Crippen molar-refractivity contribution in [3.63, 3.8) is 0 Å². The molecule has 40 heavy (non-hydrogen) atoms. The van der Waals surface area contributed by atoms with E-state index in [4.69, 9.17) is 13.9 Å². The van der Waals surface area contributed by atoms with Crippen LogP contribution >= 0.6 is 0 Å². The van der Waals surface area contributed by atoms with Gasteiger partial charge in [-0.1, -0.05) is 13.0 Å². The molecule has 3 aromatic heterocycles. The highest BCUT2D eigenvalue weighted by molar-refractivity contribution is 5.95. The predicted molar refractivity (Wildman–Crippen MR) is 147 cm³/mol. The molecule has 204 valence electrons. The number of methoxy groups -OCH3 is 1. The number of nitrogens with one attached hydrogen (secondary N) is 1. The number of amides is 1. The molecule has 2 aliphatic heterocycles. The molecule has 3 atom stereocenters. The van der Waals surface area contributed by atoms with Crippen molar-refractivity contribution < 1.29 is 23.1 Å². The average molecular weight is 542 g/mol. The average Bonchev–Trinajstić information content (AvgIpc) is 3.72. The summed E-state index contributed by atoms with van der Waals surface area (Å²) in [6.07, 6.45) is 2.82. The molecule has 0 bridgehead atoms. The lowest BCUT2D eigenvalue weighted by atomic mass is 10.0. The first-order chi connectivity index (χ1) is 19.4. The summed E-state index contributed by atoms with van der Waals surface area (Å²) in [4.78, 5) is 23.6. The Kier molecular flexibility index (Phi) is 6.82. The van der Waals surface area contributed by atoms with Crippen LogP contribution in [0.3, 0.4) is 0 Å². The van der Waals surface area contributed by atoms with Gasteiger partial charge < -0.3 is 24.1 Å². The largest absolute Gasteiger partial charge is 0.496 e. The second-order valence-electron chi connectivity index (χ2n) is 10.2. The molecule has 4 aromatic rings. The number of nitrogens with zero attached hydrogens (tertiary/aromatic N) is 4. The molecule has 2 aliphatic rings. The van der Waals surface area contributed by atoms with Crippen LogP contribution in [0.15, 0.2) is 53.2 Å². The fourth-order valence-electron chi connectivity index (χ4n) is 5.31. The lowest BCUT2D eigenvalue weighted by Gasteiger charge is -2.19. The van der Waals surface area contributed by atoms with Crippen LogP contribution in [-0.4, -0.2) is 61.5 Å². The number of carbonyl (C=O) groups is 1. The number of nitriles is 1. The third kappa shape index (κ3) is 4.73. The molecule has 0 aliphatic carbocycles. The van der Waals surface area contributed by atoms with Crippen LogP contribution < -0.4 is 15.0 Å². The SMILES string of the molecule is COc1cc(C(=O)NC2COCC2C)ncc1-c1cc2nccc(-c3ccc(N4CCC(F)C4)c(C#N)c3)c2o1. The Morgan fingerprint density at radius 2 is 2.08 bits per heavy atom. The standard InChI is InChI=1S/C30H28FN5O4/c1-17-15-39-16-25(17)35-30(37)24-11-27(38-2)22(13-34-24)28-10-23-29(40-28)21(5-7-33-23)18-3-4-26(19(9-18)12-32)36-8-6-20(31)14-36/h3-5,7,9-11,13,17,20,25H,6,8,14-16H2,1-2H3,(H,35,37). The van der Waals surface area contributed by atoms with Crippen LogP contribution in [0.1, 0.15) is 29.4 Å². The van der Waals surface area contributed by atoms with Crippen molar-refractivity contribution in [2.24, 2.45) is 5.92 Å². The van der Waals surface area contributed by atoms with E-state index in [1.54, 1.807) is 30.6 Å². The van der Waals surface area contributed by atoms with Crippen LogP contribution in [0.5, 0.6) is 5.75 Å². The number of rotatable bonds is 6. The molecule has 0 radical (unpaired) electrons. The van der Waals surface area contributed by atoms with E-state index in [1.165, 1.54) is 7.11 Å². The first-order valence-electron chi connectivity index (χ1n) is 13.2. The number of benzene rings is 1. The van der Waals surface area contributed by atoms with E-state index < -0.39 is 6.17 Å². The fourth-order valence-corrected chi connectivity index (χ4v) is 5.31. The Bertz CT molecular complexity index is 1630. The van der Waals surface area contributed by atoms with Crippen molar-refractivity contribution in [1.82, 2.24) is 15.3 Å². The van der Waals surface area contributed by atoms with E-state index in [1.807, 2.05) is 30.0 Å². The maximum Gasteiger partial charge on any atom is 0.270 e. The first kappa shape index (κ1) is 25.8. The van der Waals surface area contributed by atoms with Gasteiger partial charge in [-0.15, -0.1) is 0 Å². The topological polar surface area (TPSA) is 114 Å². The maximum atomic E-state index is 13.8. The van der Waals surface area contributed by atoms with Crippen LogP contribution in [0.2, 0.25) is 0 Å². The number of furan rings is 1. The van der Waals surface area contributed by atoms with E-state index in [0.29, 0.717) is 66.5 Å². The summed E-state index contributed by atoms with van der Waals surface area (Å²) in [5.74, 6) is 0.843. The van der Waals surface area contributed by atoms with Crippen molar-refractivity contribution in [1.29, 1.82) is 5.26 Å². The zero-order chi connectivity index (χ0) is 27.8. The van der Waals surface area contributed by atoms with Gasteiger partial charge in [0.1, 0.15) is 35.0 Å². The Labute approximate surface area is 230 Å². The number of ether oxygens (including phenoxy) is 2. The van der Waals surface area contributed by atoms with Gasteiger partial charge in [-0.2, -0.15) is 5.26 Å².